The number of hydrogen-bond donors (Lipinski definition) is 2. The molecule has 2 N–H and O–H groups in total. The number of fused-ring (bicyclic) bond motifs is 1. The minimum atomic E-state index is -1.17. The molecule has 106 valence electrons. The molecule has 2 fully saturated rings. The number of amides is 1. The third kappa shape index (κ3) is 2.29. The second-order valence-corrected chi connectivity index (χ2v) is 5.64. The molecule has 1 aromatic rings. The van der Waals surface area contributed by atoms with E-state index in [1.165, 1.54) is 4.90 Å². The molecule has 0 spiro atoms. The van der Waals surface area contributed by atoms with Crippen molar-refractivity contribution in [2.24, 2.45) is 11.8 Å². The number of rotatable bonds is 4. The molecule has 1 amide bonds. The van der Waals surface area contributed by atoms with Crippen molar-refractivity contribution in [1.82, 2.24) is 4.90 Å². The van der Waals surface area contributed by atoms with Crippen molar-refractivity contribution in [1.29, 1.82) is 0 Å². The van der Waals surface area contributed by atoms with Gasteiger partial charge in [-0.05, 0) is 23.8 Å². The number of benzene rings is 1. The van der Waals surface area contributed by atoms with Crippen molar-refractivity contribution in [2.45, 2.75) is 25.0 Å². The monoisotopic (exact) mass is 275 g/mol. The summed E-state index contributed by atoms with van der Waals surface area (Å²) in [5.74, 6) is -1.03. The number of carboxylic acids is 1. The molecule has 1 aliphatic carbocycles. The SMILES string of the molecule is O=C(O)[C@@H]1[C@@H]2C[C@@H]2CN1C(=O)[C@H](O)Cc1ccccc1. The molecule has 0 unspecified atom stereocenters. The maximum Gasteiger partial charge on any atom is 0.326 e. The van der Waals surface area contributed by atoms with E-state index in [9.17, 15) is 19.8 Å². The maximum absolute atomic E-state index is 12.2. The molecule has 0 bridgehead atoms. The van der Waals surface area contributed by atoms with E-state index in [1.807, 2.05) is 30.3 Å². The average Bonchev–Trinajstić information content (AvgIpc) is 3.08. The van der Waals surface area contributed by atoms with Crippen LogP contribution in [-0.4, -0.2) is 45.7 Å². The Hall–Kier alpha value is -1.88. The molecule has 2 aliphatic rings. The molecule has 1 saturated heterocycles. The van der Waals surface area contributed by atoms with Gasteiger partial charge in [-0.1, -0.05) is 30.3 Å². The lowest BCUT2D eigenvalue weighted by Crippen LogP contribution is -2.48. The van der Waals surface area contributed by atoms with Gasteiger partial charge in [0.25, 0.3) is 5.91 Å². The molecule has 1 aliphatic heterocycles. The van der Waals surface area contributed by atoms with Gasteiger partial charge in [-0.2, -0.15) is 0 Å². The summed E-state index contributed by atoms with van der Waals surface area (Å²) < 4.78 is 0. The first-order valence-electron chi connectivity index (χ1n) is 6.83. The third-order valence-electron chi connectivity index (χ3n) is 4.24. The van der Waals surface area contributed by atoms with E-state index in [0.29, 0.717) is 12.5 Å². The zero-order chi connectivity index (χ0) is 14.3. The molecule has 5 heteroatoms. The second-order valence-electron chi connectivity index (χ2n) is 5.64. The zero-order valence-corrected chi connectivity index (χ0v) is 11.0. The molecule has 1 heterocycles. The number of carbonyl (C=O) groups is 2. The Morgan fingerprint density at radius 3 is 2.65 bits per heavy atom. The van der Waals surface area contributed by atoms with Crippen molar-refractivity contribution in [3.05, 3.63) is 35.9 Å². The third-order valence-corrected chi connectivity index (χ3v) is 4.24. The van der Waals surface area contributed by atoms with Gasteiger partial charge in [0.2, 0.25) is 0 Å². The van der Waals surface area contributed by atoms with Crippen LogP contribution in [0.2, 0.25) is 0 Å². The van der Waals surface area contributed by atoms with E-state index in [2.05, 4.69) is 0 Å². The van der Waals surface area contributed by atoms with Crippen molar-refractivity contribution in [3.63, 3.8) is 0 Å². The number of aliphatic hydroxyl groups is 1. The van der Waals surface area contributed by atoms with E-state index >= 15 is 0 Å². The summed E-state index contributed by atoms with van der Waals surface area (Å²) in [4.78, 5) is 24.8. The molecular weight excluding hydrogens is 258 g/mol. The molecule has 1 aromatic carbocycles. The number of nitrogens with zero attached hydrogens (tertiary/aromatic N) is 1. The Morgan fingerprint density at radius 1 is 1.30 bits per heavy atom. The molecule has 4 atom stereocenters. The lowest BCUT2D eigenvalue weighted by Gasteiger charge is -2.26. The molecule has 0 aromatic heterocycles. The number of piperidine rings is 1. The Labute approximate surface area is 116 Å². The van der Waals surface area contributed by atoms with Gasteiger partial charge in [0.1, 0.15) is 12.1 Å². The highest BCUT2D eigenvalue weighted by atomic mass is 16.4. The highest BCUT2D eigenvalue weighted by Gasteiger charge is 2.57. The van der Waals surface area contributed by atoms with Crippen LogP contribution in [0.25, 0.3) is 0 Å². The summed E-state index contributed by atoms with van der Waals surface area (Å²) in [5, 5.41) is 19.3. The molecule has 0 radical (unpaired) electrons. The van der Waals surface area contributed by atoms with Crippen LogP contribution in [0.15, 0.2) is 30.3 Å². The molecule has 1 saturated carbocycles. The van der Waals surface area contributed by atoms with Crippen LogP contribution >= 0.6 is 0 Å². The van der Waals surface area contributed by atoms with Crippen molar-refractivity contribution in [2.75, 3.05) is 6.54 Å². The van der Waals surface area contributed by atoms with Crippen molar-refractivity contribution < 1.29 is 19.8 Å². The first-order valence-corrected chi connectivity index (χ1v) is 6.83. The number of likely N-dealkylation sites (tertiary alicyclic amines) is 1. The standard InChI is InChI=1S/C15H17NO4/c17-12(6-9-4-2-1-3-5-9)14(18)16-8-10-7-11(10)13(16)15(19)20/h1-5,10-13,17H,6-8H2,(H,19,20)/t10-,11-,12-,13+/m1/s1. The fourth-order valence-corrected chi connectivity index (χ4v) is 3.12. The van der Waals surface area contributed by atoms with Crippen LogP contribution in [0.4, 0.5) is 0 Å². The summed E-state index contributed by atoms with van der Waals surface area (Å²) in [6.07, 6.45) is -0.0651. The lowest BCUT2D eigenvalue weighted by atomic mass is 10.1. The zero-order valence-electron chi connectivity index (χ0n) is 11.0. The Bertz CT molecular complexity index is 530. The van der Waals surface area contributed by atoms with Gasteiger partial charge < -0.3 is 15.1 Å². The van der Waals surface area contributed by atoms with Gasteiger partial charge in [-0.3, -0.25) is 4.79 Å². The Morgan fingerprint density at radius 2 is 2.00 bits per heavy atom. The normalized spacial score (nSPS) is 28.9. The first-order chi connectivity index (χ1) is 9.58. The number of hydrogen-bond acceptors (Lipinski definition) is 3. The van der Waals surface area contributed by atoms with Crippen molar-refractivity contribution >= 4 is 11.9 Å². The summed E-state index contributed by atoms with van der Waals surface area (Å²) >= 11 is 0. The van der Waals surface area contributed by atoms with Crippen molar-refractivity contribution in [3.8, 4) is 0 Å². The number of aliphatic carboxylic acids is 1. The van der Waals surface area contributed by atoms with Gasteiger partial charge in [-0.25, -0.2) is 4.79 Å². The average molecular weight is 275 g/mol. The topological polar surface area (TPSA) is 77.8 Å². The predicted molar refractivity (Wildman–Crippen MR) is 70.9 cm³/mol. The predicted octanol–water partition coefficient (Wildman–Crippen LogP) is 0.521. The van der Waals surface area contributed by atoms with E-state index in [4.69, 9.17) is 0 Å². The van der Waals surface area contributed by atoms with Crippen LogP contribution in [0.3, 0.4) is 0 Å². The number of aliphatic hydroxyl groups excluding tert-OH is 1. The fourth-order valence-electron chi connectivity index (χ4n) is 3.12. The van der Waals surface area contributed by atoms with E-state index in [1.54, 1.807) is 0 Å². The van der Waals surface area contributed by atoms with Gasteiger partial charge in [0.05, 0.1) is 0 Å². The maximum atomic E-state index is 12.2. The Balaban J connectivity index is 1.68. The number of carboxylic acid groups (broad SMARTS) is 1. The molecule has 5 nitrogen and oxygen atoms in total. The summed E-state index contributed by atoms with van der Waals surface area (Å²) in [6, 6.07) is 8.48. The van der Waals surface area contributed by atoms with Crippen LogP contribution < -0.4 is 0 Å². The molecule has 3 rings (SSSR count). The van der Waals surface area contributed by atoms with Gasteiger partial charge in [0, 0.05) is 13.0 Å². The van der Waals surface area contributed by atoms with Gasteiger partial charge in [0.15, 0.2) is 0 Å². The van der Waals surface area contributed by atoms with E-state index in [-0.39, 0.29) is 12.3 Å². The lowest BCUT2D eigenvalue weighted by molar-refractivity contribution is -0.153. The minimum Gasteiger partial charge on any atom is -0.480 e. The van der Waals surface area contributed by atoms with Crippen LogP contribution in [-0.2, 0) is 16.0 Å². The van der Waals surface area contributed by atoms with E-state index in [0.717, 1.165) is 12.0 Å². The van der Waals surface area contributed by atoms with Crippen LogP contribution in [0, 0.1) is 11.8 Å². The first kappa shape index (κ1) is 13.1. The highest BCUT2D eigenvalue weighted by Crippen LogP contribution is 2.49. The smallest absolute Gasteiger partial charge is 0.326 e. The Kier molecular flexibility index (Phi) is 3.22. The van der Waals surface area contributed by atoms with Crippen LogP contribution in [0.5, 0.6) is 0 Å². The largest absolute Gasteiger partial charge is 0.480 e. The summed E-state index contributed by atoms with van der Waals surface area (Å²) in [7, 11) is 0. The minimum absolute atomic E-state index is 0.0837. The van der Waals surface area contributed by atoms with Gasteiger partial charge in [-0.15, -0.1) is 0 Å². The fraction of sp³-hybridized carbons (Fsp3) is 0.467. The molecular formula is C15H17NO4. The summed E-state index contributed by atoms with van der Waals surface area (Å²) in [5.41, 5.74) is 0.865. The van der Waals surface area contributed by atoms with Crippen LogP contribution in [0.1, 0.15) is 12.0 Å². The van der Waals surface area contributed by atoms with E-state index < -0.39 is 24.0 Å². The molecule has 20 heavy (non-hydrogen) atoms. The van der Waals surface area contributed by atoms with Gasteiger partial charge >= 0.3 is 5.97 Å². The number of carbonyl (C=O) groups excluding carboxylic acids is 1. The quantitative estimate of drug-likeness (QED) is 0.840. The highest BCUT2D eigenvalue weighted by molar-refractivity contribution is 5.87. The second kappa shape index (κ2) is 4.90. The summed E-state index contributed by atoms with van der Waals surface area (Å²) in [6.45, 7) is 0.465.